The van der Waals surface area contributed by atoms with Gasteiger partial charge in [0.05, 0.1) is 4.90 Å². The van der Waals surface area contributed by atoms with Crippen LogP contribution in [0.4, 0.5) is 0 Å². The molecule has 0 bridgehead atoms. The average Bonchev–Trinajstić information content (AvgIpc) is 2.76. The van der Waals surface area contributed by atoms with Crippen molar-refractivity contribution in [2.45, 2.75) is 11.1 Å². The van der Waals surface area contributed by atoms with E-state index in [9.17, 15) is 8.42 Å². The number of ether oxygens (including phenoxy) is 1. The van der Waals surface area contributed by atoms with E-state index >= 15 is 0 Å². The molecule has 17 heavy (non-hydrogen) atoms. The van der Waals surface area contributed by atoms with Crippen molar-refractivity contribution in [1.82, 2.24) is 4.90 Å². The summed E-state index contributed by atoms with van der Waals surface area (Å²) in [6.45, 7) is -0.158. The minimum Gasteiger partial charge on any atom is -0.472 e. The van der Waals surface area contributed by atoms with Crippen LogP contribution in [0.2, 0.25) is 0 Å². The van der Waals surface area contributed by atoms with Gasteiger partial charge in [-0.2, -0.15) is 0 Å². The Bertz CT molecular complexity index is 521. The molecular formula is C11H13NO4S. The third-order valence-electron chi connectivity index (χ3n) is 2.52. The van der Waals surface area contributed by atoms with Gasteiger partial charge in [-0.3, -0.25) is 0 Å². The minimum atomic E-state index is -3.18. The fraction of sp³-hybridized carbons (Fsp3) is 0.273. The SMILES string of the molecule is CS(=O)(=O)c1ccc(C2OC=CN2CO)cc1. The number of benzene rings is 1. The van der Waals surface area contributed by atoms with Crippen molar-refractivity contribution in [2.24, 2.45) is 0 Å². The molecule has 0 saturated heterocycles. The van der Waals surface area contributed by atoms with Crippen molar-refractivity contribution >= 4 is 9.84 Å². The maximum absolute atomic E-state index is 11.3. The molecule has 1 heterocycles. The van der Waals surface area contributed by atoms with E-state index in [0.717, 1.165) is 11.8 Å². The standard InChI is InChI=1S/C11H13NO4S/c1-17(14,15)10-4-2-9(3-5-10)11-12(8-13)6-7-16-11/h2-7,11,13H,8H2,1H3. The topological polar surface area (TPSA) is 66.8 Å². The lowest BCUT2D eigenvalue weighted by atomic mass is 10.2. The number of aliphatic hydroxyl groups is 1. The van der Waals surface area contributed by atoms with Gasteiger partial charge in [-0.25, -0.2) is 8.42 Å². The van der Waals surface area contributed by atoms with Crippen LogP contribution in [0.3, 0.4) is 0 Å². The molecule has 1 atom stereocenters. The fourth-order valence-electron chi connectivity index (χ4n) is 1.62. The van der Waals surface area contributed by atoms with E-state index in [0.29, 0.717) is 0 Å². The second-order valence-electron chi connectivity index (χ2n) is 3.77. The maximum atomic E-state index is 11.3. The lowest BCUT2D eigenvalue weighted by molar-refractivity contribution is 0.00647. The highest BCUT2D eigenvalue weighted by Crippen LogP contribution is 2.27. The summed E-state index contributed by atoms with van der Waals surface area (Å²) in [5.74, 6) is 0. The summed E-state index contributed by atoms with van der Waals surface area (Å²) in [5.41, 5.74) is 0.788. The number of rotatable bonds is 3. The van der Waals surface area contributed by atoms with Gasteiger partial charge in [-0.1, -0.05) is 12.1 Å². The lowest BCUT2D eigenvalue weighted by Crippen LogP contribution is -2.21. The summed E-state index contributed by atoms with van der Waals surface area (Å²) in [6, 6.07) is 6.41. The van der Waals surface area contributed by atoms with Crippen molar-refractivity contribution in [3.8, 4) is 0 Å². The van der Waals surface area contributed by atoms with Crippen LogP contribution in [-0.4, -0.2) is 31.4 Å². The molecule has 1 N–H and O–H groups in total. The van der Waals surface area contributed by atoms with E-state index in [2.05, 4.69) is 0 Å². The number of hydrogen-bond acceptors (Lipinski definition) is 5. The zero-order chi connectivity index (χ0) is 12.5. The molecule has 1 aliphatic heterocycles. The predicted octanol–water partition coefficient (Wildman–Crippen LogP) is 0.842. The molecule has 2 rings (SSSR count). The summed E-state index contributed by atoms with van der Waals surface area (Å²) in [4.78, 5) is 1.86. The van der Waals surface area contributed by atoms with Crippen LogP contribution < -0.4 is 0 Å². The quantitative estimate of drug-likeness (QED) is 0.867. The maximum Gasteiger partial charge on any atom is 0.199 e. The van der Waals surface area contributed by atoms with Gasteiger partial charge in [-0.05, 0) is 12.1 Å². The lowest BCUT2D eigenvalue weighted by Gasteiger charge is -2.22. The molecule has 1 aromatic carbocycles. The van der Waals surface area contributed by atoms with Crippen LogP contribution >= 0.6 is 0 Å². The number of sulfone groups is 1. The summed E-state index contributed by atoms with van der Waals surface area (Å²) >= 11 is 0. The zero-order valence-corrected chi connectivity index (χ0v) is 10.1. The summed E-state index contributed by atoms with van der Waals surface area (Å²) in [5, 5.41) is 9.08. The van der Waals surface area contributed by atoms with Crippen LogP contribution in [0.5, 0.6) is 0 Å². The van der Waals surface area contributed by atoms with Gasteiger partial charge in [0.1, 0.15) is 13.0 Å². The molecule has 0 aromatic heterocycles. The number of hydrogen-bond donors (Lipinski definition) is 1. The van der Waals surface area contributed by atoms with Gasteiger partial charge in [0, 0.05) is 18.0 Å². The Labute approximate surface area is 99.9 Å². The Kier molecular flexibility index (Phi) is 3.08. The Morgan fingerprint density at radius 3 is 2.53 bits per heavy atom. The van der Waals surface area contributed by atoms with Crippen molar-refractivity contribution in [3.63, 3.8) is 0 Å². The molecule has 1 aromatic rings. The monoisotopic (exact) mass is 255 g/mol. The molecule has 0 radical (unpaired) electrons. The third-order valence-corrected chi connectivity index (χ3v) is 3.65. The van der Waals surface area contributed by atoms with Crippen LogP contribution in [-0.2, 0) is 14.6 Å². The smallest absolute Gasteiger partial charge is 0.199 e. The van der Waals surface area contributed by atoms with Gasteiger partial charge in [-0.15, -0.1) is 0 Å². The van der Waals surface area contributed by atoms with Crippen molar-refractivity contribution in [1.29, 1.82) is 0 Å². The van der Waals surface area contributed by atoms with E-state index in [1.165, 1.54) is 18.4 Å². The zero-order valence-electron chi connectivity index (χ0n) is 9.28. The van der Waals surface area contributed by atoms with Crippen LogP contribution in [0, 0.1) is 0 Å². The molecule has 5 nitrogen and oxygen atoms in total. The first kappa shape index (κ1) is 11.9. The normalized spacial score (nSPS) is 19.4. The molecule has 0 saturated carbocycles. The first-order valence-corrected chi connectivity index (χ1v) is 6.90. The molecule has 0 amide bonds. The highest BCUT2D eigenvalue weighted by molar-refractivity contribution is 7.90. The largest absolute Gasteiger partial charge is 0.472 e. The molecule has 6 heteroatoms. The van der Waals surface area contributed by atoms with Crippen LogP contribution in [0.1, 0.15) is 11.8 Å². The molecular weight excluding hydrogens is 242 g/mol. The summed E-state index contributed by atoms with van der Waals surface area (Å²) in [6.07, 6.45) is 3.89. The number of aliphatic hydroxyl groups excluding tert-OH is 1. The van der Waals surface area contributed by atoms with E-state index in [1.807, 2.05) is 0 Å². The minimum absolute atomic E-state index is 0.158. The van der Waals surface area contributed by atoms with Gasteiger partial charge in [0.25, 0.3) is 0 Å². The Morgan fingerprint density at radius 2 is 2.00 bits per heavy atom. The molecule has 0 aliphatic carbocycles. The molecule has 1 unspecified atom stereocenters. The van der Waals surface area contributed by atoms with Crippen LogP contribution in [0.15, 0.2) is 41.6 Å². The molecule has 92 valence electrons. The van der Waals surface area contributed by atoms with E-state index < -0.39 is 16.1 Å². The van der Waals surface area contributed by atoms with Gasteiger partial charge >= 0.3 is 0 Å². The predicted molar refractivity (Wildman–Crippen MR) is 61.4 cm³/mol. The second-order valence-corrected chi connectivity index (χ2v) is 5.79. The van der Waals surface area contributed by atoms with Crippen LogP contribution in [0.25, 0.3) is 0 Å². The molecule has 0 spiro atoms. The highest BCUT2D eigenvalue weighted by Gasteiger charge is 2.22. The van der Waals surface area contributed by atoms with Crippen molar-refractivity contribution in [3.05, 3.63) is 42.3 Å². The van der Waals surface area contributed by atoms with Gasteiger partial charge in [0.15, 0.2) is 16.1 Å². The molecule has 1 aliphatic rings. The van der Waals surface area contributed by atoms with E-state index in [4.69, 9.17) is 9.84 Å². The van der Waals surface area contributed by atoms with Crippen molar-refractivity contribution in [2.75, 3.05) is 13.0 Å². The first-order valence-electron chi connectivity index (χ1n) is 5.01. The highest BCUT2D eigenvalue weighted by atomic mass is 32.2. The molecule has 0 fully saturated rings. The second kappa shape index (κ2) is 4.38. The fourth-order valence-corrected chi connectivity index (χ4v) is 2.25. The average molecular weight is 255 g/mol. The van der Waals surface area contributed by atoms with E-state index in [1.54, 1.807) is 23.2 Å². The Hall–Kier alpha value is -1.53. The van der Waals surface area contributed by atoms with E-state index in [-0.39, 0.29) is 11.6 Å². The summed E-state index contributed by atoms with van der Waals surface area (Å²) in [7, 11) is -3.18. The Balaban J connectivity index is 2.25. The number of nitrogens with zero attached hydrogens (tertiary/aromatic N) is 1. The Morgan fingerprint density at radius 1 is 1.35 bits per heavy atom. The van der Waals surface area contributed by atoms with Gasteiger partial charge < -0.3 is 14.7 Å². The van der Waals surface area contributed by atoms with Crippen molar-refractivity contribution < 1.29 is 18.3 Å². The summed E-state index contributed by atoms with van der Waals surface area (Å²) < 4.78 is 27.9. The third kappa shape index (κ3) is 2.42. The first-order chi connectivity index (χ1) is 8.02. The van der Waals surface area contributed by atoms with Gasteiger partial charge in [0.2, 0.25) is 0 Å².